The molecule has 1 aromatic carbocycles. The third kappa shape index (κ3) is 7.67. The summed E-state index contributed by atoms with van der Waals surface area (Å²) in [4.78, 5) is 21.8. The van der Waals surface area contributed by atoms with Gasteiger partial charge in [0, 0.05) is 17.5 Å². The van der Waals surface area contributed by atoms with Gasteiger partial charge in [0.05, 0.1) is 30.0 Å². The van der Waals surface area contributed by atoms with Gasteiger partial charge >= 0.3 is 5.97 Å². The van der Waals surface area contributed by atoms with Crippen LogP contribution in [-0.4, -0.2) is 39.5 Å². The molecule has 0 bridgehead atoms. The molecule has 0 saturated carbocycles. The highest BCUT2D eigenvalue weighted by atomic mass is 19.1. The maximum absolute atomic E-state index is 13.6. The zero-order valence-corrected chi connectivity index (χ0v) is 22.0. The Hall–Kier alpha value is -2.64. The van der Waals surface area contributed by atoms with Crippen LogP contribution in [0.5, 0.6) is 0 Å². The number of halogens is 1. The van der Waals surface area contributed by atoms with Gasteiger partial charge < -0.3 is 14.2 Å². The molecule has 1 aliphatic heterocycles. The molecule has 1 aromatic heterocycles. The maximum atomic E-state index is 13.6. The maximum Gasteiger partial charge on any atom is 0.308 e. The molecule has 0 spiro atoms. The minimum Gasteiger partial charge on any atom is -0.460 e. The summed E-state index contributed by atoms with van der Waals surface area (Å²) in [6.07, 6.45) is 3.99. The molecule has 190 valence electrons. The topological polar surface area (TPSA) is 70.5 Å². The average molecular weight is 485 g/mol. The second kappa shape index (κ2) is 10.5. The Morgan fingerprint density at radius 3 is 2.46 bits per heavy atom. The van der Waals surface area contributed by atoms with Crippen LogP contribution >= 0.6 is 0 Å². The number of benzene rings is 1. The number of nitrogens with zero attached hydrogens (tertiary/aromatic N) is 2. The number of ether oxygens (including phenoxy) is 3. The molecule has 2 atom stereocenters. The summed E-state index contributed by atoms with van der Waals surface area (Å²) in [5.41, 5.74) is 2.79. The van der Waals surface area contributed by atoms with Crippen LogP contribution in [0.1, 0.15) is 84.3 Å². The van der Waals surface area contributed by atoms with Gasteiger partial charge in [0.15, 0.2) is 5.79 Å². The van der Waals surface area contributed by atoms with E-state index < -0.39 is 11.4 Å². The molecular formula is C28H37FN2O4. The summed E-state index contributed by atoms with van der Waals surface area (Å²) >= 11 is 0. The van der Waals surface area contributed by atoms with E-state index in [1.54, 1.807) is 12.1 Å². The van der Waals surface area contributed by atoms with Gasteiger partial charge in [-0.05, 0) is 71.7 Å². The molecule has 0 amide bonds. The van der Waals surface area contributed by atoms with Crippen LogP contribution in [0.4, 0.5) is 4.39 Å². The third-order valence-corrected chi connectivity index (χ3v) is 5.42. The van der Waals surface area contributed by atoms with Crippen LogP contribution in [0.25, 0.3) is 17.3 Å². The first kappa shape index (κ1) is 27.0. The quantitative estimate of drug-likeness (QED) is 0.444. The Balaban J connectivity index is 1.91. The van der Waals surface area contributed by atoms with E-state index >= 15 is 0 Å². The fourth-order valence-electron chi connectivity index (χ4n) is 4.20. The number of esters is 1. The van der Waals surface area contributed by atoms with E-state index in [2.05, 4.69) is 18.8 Å². The van der Waals surface area contributed by atoms with Crippen molar-refractivity contribution in [3.63, 3.8) is 0 Å². The Bertz CT molecular complexity index is 1070. The smallest absolute Gasteiger partial charge is 0.308 e. The number of carbonyl (C=O) groups is 1. The van der Waals surface area contributed by atoms with E-state index in [1.165, 1.54) is 12.1 Å². The molecule has 7 heteroatoms. The van der Waals surface area contributed by atoms with E-state index in [-0.39, 0.29) is 36.3 Å². The van der Waals surface area contributed by atoms with Gasteiger partial charge in [-0.3, -0.25) is 4.79 Å². The standard InChI is InChI=1S/C28H37FN2O4/c1-17(2)25-23(26(31-18(3)30-25)19-9-11-20(29)12-10-19)14-13-21-15-22(34-28(7,8)33-21)16-24(32)35-27(4,5)6/h9-14,17,21-22H,15-16H2,1-8H3/b14-13+/t21-,22-/m1/s1. The molecule has 6 nitrogen and oxygen atoms in total. The second-order valence-electron chi connectivity index (χ2n) is 10.8. The van der Waals surface area contributed by atoms with Gasteiger partial charge in [0.2, 0.25) is 0 Å². The Labute approximate surface area is 207 Å². The SMILES string of the molecule is Cc1nc(-c2ccc(F)cc2)c(/C=C/[C@@H]2C[C@H](CC(=O)OC(C)(C)C)OC(C)(C)O2)c(C(C)C)n1. The summed E-state index contributed by atoms with van der Waals surface area (Å²) in [5, 5.41) is 0. The van der Waals surface area contributed by atoms with Gasteiger partial charge in [0.25, 0.3) is 0 Å². The summed E-state index contributed by atoms with van der Waals surface area (Å²) in [5.74, 6) is -0.636. The van der Waals surface area contributed by atoms with Crippen molar-refractivity contribution in [1.29, 1.82) is 0 Å². The van der Waals surface area contributed by atoms with E-state index in [4.69, 9.17) is 19.2 Å². The zero-order valence-electron chi connectivity index (χ0n) is 22.0. The van der Waals surface area contributed by atoms with Crippen molar-refractivity contribution in [1.82, 2.24) is 9.97 Å². The third-order valence-electron chi connectivity index (χ3n) is 5.42. The zero-order chi connectivity index (χ0) is 26.0. The predicted octanol–water partition coefficient (Wildman–Crippen LogP) is 6.37. The fourth-order valence-corrected chi connectivity index (χ4v) is 4.20. The fraction of sp³-hybridized carbons (Fsp3) is 0.536. The highest BCUT2D eigenvalue weighted by Crippen LogP contribution is 2.32. The number of hydrogen-bond acceptors (Lipinski definition) is 6. The largest absolute Gasteiger partial charge is 0.460 e. The molecule has 2 aromatic rings. The van der Waals surface area contributed by atoms with Crippen LogP contribution in [0.15, 0.2) is 30.3 Å². The Morgan fingerprint density at radius 2 is 1.86 bits per heavy atom. The van der Waals surface area contributed by atoms with Crippen molar-refractivity contribution in [2.45, 2.75) is 97.7 Å². The first-order valence-corrected chi connectivity index (χ1v) is 12.1. The van der Waals surface area contributed by atoms with Gasteiger partial charge in [-0.15, -0.1) is 0 Å². The lowest BCUT2D eigenvalue weighted by Crippen LogP contribution is -2.45. The van der Waals surface area contributed by atoms with Gasteiger partial charge in [-0.1, -0.05) is 26.0 Å². The van der Waals surface area contributed by atoms with E-state index in [9.17, 15) is 9.18 Å². The second-order valence-corrected chi connectivity index (χ2v) is 10.8. The van der Waals surface area contributed by atoms with E-state index in [0.29, 0.717) is 12.2 Å². The highest BCUT2D eigenvalue weighted by molar-refractivity contribution is 5.74. The van der Waals surface area contributed by atoms with Crippen molar-refractivity contribution in [3.8, 4) is 11.3 Å². The Morgan fingerprint density at radius 1 is 1.20 bits per heavy atom. The molecule has 0 aliphatic carbocycles. The van der Waals surface area contributed by atoms with Crippen molar-refractivity contribution in [2.24, 2.45) is 0 Å². The Kier molecular flexibility index (Phi) is 8.12. The number of carbonyl (C=O) groups excluding carboxylic acids is 1. The van der Waals surface area contributed by atoms with Crippen LogP contribution < -0.4 is 0 Å². The lowest BCUT2D eigenvalue weighted by molar-refractivity contribution is -0.290. The molecule has 1 saturated heterocycles. The van der Waals surface area contributed by atoms with E-state index in [0.717, 1.165) is 22.5 Å². The van der Waals surface area contributed by atoms with Gasteiger partial charge in [0.1, 0.15) is 17.2 Å². The molecule has 0 N–H and O–H groups in total. The van der Waals surface area contributed by atoms with Crippen LogP contribution in [0, 0.1) is 12.7 Å². The molecule has 35 heavy (non-hydrogen) atoms. The predicted molar refractivity (Wildman–Crippen MR) is 134 cm³/mol. The summed E-state index contributed by atoms with van der Waals surface area (Å²) < 4.78 is 31.2. The highest BCUT2D eigenvalue weighted by Gasteiger charge is 2.36. The summed E-state index contributed by atoms with van der Waals surface area (Å²) in [6.45, 7) is 15.2. The molecule has 1 aliphatic rings. The molecular weight excluding hydrogens is 447 g/mol. The number of rotatable bonds is 6. The van der Waals surface area contributed by atoms with Gasteiger partial charge in [-0.2, -0.15) is 0 Å². The number of aryl methyl sites for hydroxylation is 1. The van der Waals surface area contributed by atoms with Crippen molar-refractivity contribution in [3.05, 3.63) is 53.2 Å². The summed E-state index contributed by atoms with van der Waals surface area (Å²) in [6, 6.07) is 6.31. The minimum atomic E-state index is -0.857. The minimum absolute atomic E-state index is 0.153. The van der Waals surface area contributed by atoms with Crippen molar-refractivity contribution in [2.75, 3.05) is 0 Å². The van der Waals surface area contributed by atoms with E-state index in [1.807, 2.05) is 53.7 Å². The van der Waals surface area contributed by atoms with Crippen LogP contribution in [0.3, 0.4) is 0 Å². The monoisotopic (exact) mass is 484 g/mol. The molecule has 1 fully saturated rings. The lowest BCUT2D eigenvalue weighted by atomic mass is 9.96. The molecule has 0 radical (unpaired) electrons. The number of hydrogen-bond donors (Lipinski definition) is 0. The van der Waals surface area contributed by atoms with Crippen molar-refractivity contribution < 1.29 is 23.4 Å². The van der Waals surface area contributed by atoms with Gasteiger partial charge in [-0.25, -0.2) is 14.4 Å². The van der Waals surface area contributed by atoms with Crippen molar-refractivity contribution >= 4 is 12.0 Å². The molecule has 3 rings (SSSR count). The lowest BCUT2D eigenvalue weighted by Gasteiger charge is -2.39. The number of aromatic nitrogens is 2. The van der Waals surface area contributed by atoms with Crippen LogP contribution in [0.2, 0.25) is 0 Å². The average Bonchev–Trinajstić information content (AvgIpc) is 2.70. The normalized spacial score (nSPS) is 20.4. The van der Waals surface area contributed by atoms with Crippen LogP contribution in [-0.2, 0) is 19.0 Å². The summed E-state index contributed by atoms with van der Waals surface area (Å²) in [7, 11) is 0. The first-order valence-electron chi connectivity index (χ1n) is 12.1. The molecule has 2 heterocycles. The first-order chi connectivity index (χ1) is 16.2. The molecule has 0 unspecified atom stereocenters.